The summed E-state index contributed by atoms with van der Waals surface area (Å²) in [6.07, 6.45) is 0. The molecule has 0 bridgehead atoms. The van der Waals surface area contributed by atoms with Gasteiger partial charge in [-0.2, -0.15) is 0 Å². The predicted octanol–water partition coefficient (Wildman–Crippen LogP) is 15.8. The first-order valence-corrected chi connectivity index (χ1v) is 19.9. The summed E-state index contributed by atoms with van der Waals surface area (Å²) in [5, 5.41) is 7.73. The summed E-state index contributed by atoms with van der Waals surface area (Å²) in [6, 6.07) is 78.6. The first kappa shape index (κ1) is 36.2. The highest BCUT2D eigenvalue weighted by Crippen LogP contribution is 2.57. The van der Waals surface area contributed by atoms with Gasteiger partial charge in [0.05, 0.1) is 0 Å². The predicted molar refractivity (Wildman–Crippen MR) is 248 cm³/mol. The largest absolute Gasteiger partial charge is 0.355 e. The van der Waals surface area contributed by atoms with E-state index >= 15 is 0 Å². The van der Waals surface area contributed by atoms with E-state index in [1.807, 2.05) is 0 Å². The molecule has 58 heavy (non-hydrogen) atoms. The van der Waals surface area contributed by atoms with Crippen molar-refractivity contribution in [1.29, 1.82) is 0 Å². The second-order valence-electron chi connectivity index (χ2n) is 14.8. The van der Waals surface area contributed by atoms with Crippen molar-refractivity contribution >= 4 is 22.7 Å². The van der Waals surface area contributed by atoms with Crippen LogP contribution in [0.25, 0.3) is 66.8 Å². The lowest BCUT2D eigenvalue weighted by molar-refractivity contribution is 1.45. The zero-order chi connectivity index (χ0) is 39.3. The van der Waals surface area contributed by atoms with Gasteiger partial charge in [0.2, 0.25) is 0 Å². The molecule has 0 saturated heterocycles. The van der Waals surface area contributed by atoms with Crippen LogP contribution >= 0.6 is 0 Å². The fraction of sp³-hybridized carbons (Fsp3) is 0.0357. The van der Waals surface area contributed by atoms with Crippen LogP contribution in [0, 0.1) is 13.8 Å². The minimum Gasteiger partial charge on any atom is -0.355 e. The van der Waals surface area contributed by atoms with Crippen molar-refractivity contribution in [2.45, 2.75) is 13.8 Å². The molecule has 9 rings (SSSR count). The first-order valence-electron chi connectivity index (χ1n) is 19.9. The Balaban J connectivity index is 1.51. The van der Waals surface area contributed by atoms with Gasteiger partial charge < -0.3 is 10.6 Å². The van der Waals surface area contributed by atoms with E-state index in [1.54, 1.807) is 0 Å². The van der Waals surface area contributed by atoms with Crippen LogP contribution in [0.2, 0.25) is 0 Å². The Kier molecular flexibility index (Phi) is 10.2. The highest BCUT2D eigenvalue weighted by Gasteiger charge is 2.30. The van der Waals surface area contributed by atoms with Crippen LogP contribution in [-0.2, 0) is 0 Å². The third kappa shape index (κ3) is 7.32. The molecule has 0 radical (unpaired) electrons. The summed E-state index contributed by atoms with van der Waals surface area (Å²) in [6.45, 7) is 4.26. The van der Waals surface area contributed by atoms with Gasteiger partial charge in [-0.3, -0.25) is 0 Å². The van der Waals surface area contributed by atoms with Crippen molar-refractivity contribution in [2.75, 3.05) is 10.6 Å². The normalized spacial score (nSPS) is 10.9. The molecule has 2 nitrogen and oxygen atoms in total. The second-order valence-corrected chi connectivity index (χ2v) is 14.8. The van der Waals surface area contributed by atoms with Crippen LogP contribution in [0.5, 0.6) is 0 Å². The number of hydrogen-bond donors (Lipinski definition) is 2. The maximum Gasteiger partial charge on any atom is 0.0464 e. The lowest BCUT2D eigenvalue weighted by Crippen LogP contribution is -2.04. The Morgan fingerprint density at radius 3 is 0.810 bits per heavy atom. The molecule has 9 aromatic carbocycles. The van der Waals surface area contributed by atoms with Crippen molar-refractivity contribution in [2.24, 2.45) is 0 Å². The molecular weight excluding hydrogens is 701 g/mol. The highest BCUT2D eigenvalue weighted by molar-refractivity contribution is 6.17. The maximum absolute atomic E-state index is 3.86. The van der Waals surface area contributed by atoms with Crippen LogP contribution in [-0.4, -0.2) is 0 Å². The van der Waals surface area contributed by atoms with Gasteiger partial charge in [-0.15, -0.1) is 0 Å². The molecule has 2 N–H and O–H groups in total. The average molecular weight is 745 g/mol. The minimum absolute atomic E-state index is 1.03. The summed E-state index contributed by atoms with van der Waals surface area (Å²) in [7, 11) is 0. The van der Waals surface area contributed by atoms with E-state index in [2.05, 4.69) is 243 Å². The molecule has 0 fully saturated rings. The van der Waals surface area contributed by atoms with Gasteiger partial charge in [-0.25, -0.2) is 0 Å². The summed E-state index contributed by atoms with van der Waals surface area (Å²) in [5.74, 6) is 0. The number of aryl methyl sites for hydroxylation is 2. The fourth-order valence-corrected chi connectivity index (χ4v) is 8.07. The Labute approximate surface area is 342 Å². The van der Waals surface area contributed by atoms with E-state index in [1.165, 1.54) is 33.4 Å². The van der Waals surface area contributed by atoms with Crippen molar-refractivity contribution in [3.8, 4) is 66.8 Å². The molecule has 0 amide bonds. The first-order chi connectivity index (χ1) is 28.6. The molecule has 0 aliphatic rings. The molecule has 9 aromatic rings. The van der Waals surface area contributed by atoms with E-state index in [-0.39, 0.29) is 0 Å². The molecule has 0 aliphatic heterocycles. The Bertz CT molecular complexity index is 2600. The lowest BCUT2D eigenvalue weighted by Gasteiger charge is -2.30. The molecule has 0 atom stereocenters. The molecule has 2 heteroatoms. The number of para-hydroxylation sites is 2. The van der Waals surface area contributed by atoms with Crippen molar-refractivity contribution < 1.29 is 0 Å². The minimum atomic E-state index is 1.03. The second kappa shape index (κ2) is 16.4. The summed E-state index contributed by atoms with van der Waals surface area (Å²) in [5.41, 5.74) is 20.4. The van der Waals surface area contributed by atoms with Gasteiger partial charge in [-0.1, -0.05) is 193 Å². The Morgan fingerprint density at radius 1 is 0.241 bits per heavy atom. The Morgan fingerprint density at radius 2 is 0.500 bits per heavy atom. The number of nitrogens with one attached hydrogen (secondary N) is 2. The number of rotatable bonds is 10. The fourth-order valence-electron chi connectivity index (χ4n) is 8.07. The van der Waals surface area contributed by atoms with Crippen molar-refractivity contribution in [3.05, 3.63) is 230 Å². The molecule has 0 aromatic heterocycles. The van der Waals surface area contributed by atoms with Crippen LogP contribution in [0.3, 0.4) is 0 Å². The molecule has 0 saturated carbocycles. The van der Waals surface area contributed by atoms with Crippen LogP contribution in [0.4, 0.5) is 22.7 Å². The molecule has 0 unspecified atom stereocenters. The molecule has 278 valence electrons. The van der Waals surface area contributed by atoms with Gasteiger partial charge >= 0.3 is 0 Å². The van der Waals surface area contributed by atoms with Crippen molar-refractivity contribution in [3.63, 3.8) is 0 Å². The molecule has 0 heterocycles. The highest BCUT2D eigenvalue weighted by atomic mass is 14.9. The quantitative estimate of drug-likeness (QED) is 0.146. The van der Waals surface area contributed by atoms with E-state index in [0.29, 0.717) is 0 Å². The van der Waals surface area contributed by atoms with Crippen LogP contribution in [0.1, 0.15) is 11.1 Å². The van der Waals surface area contributed by atoms with Crippen LogP contribution in [0.15, 0.2) is 218 Å². The topological polar surface area (TPSA) is 24.1 Å². The summed E-state index contributed by atoms with van der Waals surface area (Å²) in [4.78, 5) is 0. The van der Waals surface area contributed by atoms with Gasteiger partial charge in [0.25, 0.3) is 0 Å². The number of hydrogen-bond acceptors (Lipinski definition) is 2. The van der Waals surface area contributed by atoms with Crippen LogP contribution < -0.4 is 10.6 Å². The molecular formula is C56H44N2. The van der Waals surface area contributed by atoms with E-state index in [9.17, 15) is 0 Å². The summed E-state index contributed by atoms with van der Waals surface area (Å²) < 4.78 is 0. The van der Waals surface area contributed by atoms with E-state index in [0.717, 1.165) is 67.3 Å². The van der Waals surface area contributed by atoms with Crippen molar-refractivity contribution in [1.82, 2.24) is 0 Å². The lowest BCUT2D eigenvalue weighted by atomic mass is 9.73. The Hall–Kier alpha value is -7.42. The standard InChI is InChI=1S/C56H44N2/c1-39-31-35-45(36-32-39)57-49-29-17-15-27-47(49)55-53(43-23-11-5-12-24-43)51(41-19-7-3-8-20-41)52(42-21-9-4-10-22-42)54(44-25-13-6-14-26-44)56(55)48-28-16-18-30-50(48)58-46-37-33-40(2)34-38-46/h3-38,57-58H,1-2H3. The van der Waals surface area contributed by atoms with E-state index in [4.69, 9.17) is 0 Å². The zero-order valence-corrected chi connectivity index (χ0v) is 32.8. The van der Waals surface area contributed by atoms with Gasteiger partial charge in [0.15, 0.2) is 0 Å². The average Bonchev–Trinajstić information content (AvgIpc) is 3.28. The third-order valence-corrected chi connectivity index (χ3v) is 10.8. The number of benzene rings is 9. The zero-order valence-electron chi connectivity index (χ0n) is 32.8. The smallest absolute Gasteiger partial charge is 0.0464 e. The molecule has 0 spiro atoms. The van der Waals surface area contributed by atoms with Gasteiger partial charge in [0.1, 0.15) is 0 Å². The SMILES string of the molecule is Cc1ccc(Nc2ccccc2-c2c(-c3ccccc3)c(-c3ccccc3)c(-c3ccccc3)c(-c3ccccc3)c2-c2ccccc2Nc2ccc(C)cc2)cc1. The number of anilines is 4. The van der Waals surface area contributed by atoms with Gasteiger partial charge in [-0.05, 0) is 94.8 Å². The maximum atomic E-state index is 3.86. The third-order valence-electron chi connectivity index (χ3n) is 10.8. The summed E-state index contributed by atoms with van der Waals surface area (Å²) >= 11 is 0. The monoisotopic (exact) mass is 744 g/mol. The van der Waals surface area contributed by atoms with Gasteiger partial charge in [0, 0.05) is 45.0 Å². The molecule has 0 aliphatic carbocycles. The van der Waals surface area contributed by atoms with E-state index < -0.39 is 0 Å².